The van der Waals surface area contributed by atoms with Crippen LogP contribution in [0.25, 0.3) is 33.4 Å². The lowest BCUT2D eigenvalue weighted by molar-refractivity contribution is 0.0828. The zero-order valence-corrected chi connectivity index (χ0v) is 22.5. The fourth-order valence-electron chi connectivity index (χ4n) is 4.84. The Balaban J connectivity index is 1.46. The molecule has 1 atom stereocenters. The van der Waals surface area contributed by atoms with Crippen molar-refractivity contribution in [2.24, 2.45) is 0 Å². The minimum absolute atomic E-state index is 0.164. The van der Waals surface area contributed by atoms with Crippen molar-refractivity contribution in [2.45, 2.75) is 19.4 Å². The molecule has 0 aliphatic carbocycles. The molecule has 0 radical (unpaired) electrons. The summed E-state index contributed by atoms with van der Waals surface area (Å²) < 4.78 is 11.2. The van der Waals surface area contributed by atoms with Crippen LogP contribution in [0.15, 0.2) is 54.7 Å². The van der Waals surface area contributed by atoms with E-state index in [0.717, 1.165) is 53.0 Å². The van der Waals surface area contributed by atoms with E-state index in [1.54, 1.807) is 39.5 Å². The molecule has 3 heterocycles. The summed E-state index contributed by atoms with van der Waals surface area (Å²) in [6.45, 7) is 4.63. The summed E-state index contributed by atoms with van der Waals surface area (Å²) in [5.74, 6) is 0.479. The summed E-state index contributed by atoms with van der Waals surface area (Å²) in [4.78, 5) is 34.1. The first-order valence-electron chi connectivity index (χ1n) is 12.9. The van der Waals surface area contributed by atoms with Gasteiger partial charge in [0.2, 0.25) is 0 Å². The Morgan fingerprint density at radius 1 is 1.15 bits per heavy atom. The number of benzene rings is 2. The first-order valence-corrected chi connectivity index (χ1v) is 12.9. The number of nitrogens with zero attached hydrogens (tertiary/aromatic N) is 4. The van der Waals surface area contributed by atoms with Crippen molar-refractivity contribution in [3.05, 3.63) is 60.3 Å². The number of aromatic nitrogens is 3. The SMILES string of the molecule is CCN1CCC(OC(=O)Nc2ccc(-c3cnc4n[nH]c(-c5ccccc5OC)c4c3)cc2C(=O)N(C)C)C1. The van der Waals surface area contributed by atoms with Crippen molar-refractivity contribution in [3.63, 3.8) is 0 Å². The predicted molar refractivity (Wildman–Crippen MR) is 150 cm³/mol. The van der Waals surface area contributed by atoms with E-state index in [1.165, 1.54) is 4.90 Å². The smallest absolute Gasteiger partial charge is 0.411 e. The Kier molecular flexibility index (Phi) is 7.47. The van der Waals surface area contributed by atoms with Crippen molar-refractivity contribution in [1.82, 2.24) is 25.0 Å². The molecule has 1 saturated heterocycles. The number of ether oxygens (including phenoxy) is 2. The number of hydrogen-bond acceptors (Lipinski definition) is 7. The summed E-state index contributed by atoms with van der Waals surface area (Å²) in [6.07, 6.45) is 1.78. The van der Waals surface area contributed by atoms with Crippen LogP contribution >= 0.6 is 0 Å². The van der Waals surface area contributed by atoms with E-state index in [9.17, 15) is 9.59 Å². The van der Waals surface area contributed by atoms with E-state index in [0.29, 0.717) is 23.4 Å². The molecular formula is C29H32N6O4. The number of carbonyl (C=O) groups is 2. The predicted octanol–water partition coefficient (Wildman–Crippen LogP) is 4.65. The first-order chi connectivity index (χ1) is 18.9. The van der Waals surface area contributed by atoms with Gasteiger partial charge in [0.15, 0.2) is 5.65 Å². The van der Waals surface area contributed by atoms with E-state index in [2.05, 4.69) is 32.3 Å². The summed E-state index contributed by atoms with van der Waals surface area (Å²) >= 11 is 0. The van der Waals surface area contributed by atoms with Crippen LogP contribution < -0.4 is 10.1 Å². The number of pyridine rings is 1. The maximum atomic E-state index is 13.1. The maximum absolute atomic E-state index is 13.1. The molecule has 1 unspecified atom stereocenters. The number of rotatable bonds is 7. The second kappa shape index (κ2) is 11.1. The highest BCUT2D eigenvalue weighted by Crippen LogP contribution is 2.35. The average Bonchev–Trinajstić information content (AvgIpc) is 3.59. The molecule has 1 fully saturated rings. The number of anilines is 1. The van der Waals surface area contributed by atoms with Crippen LogP contribution in [-0.2, 0) is 4.74 Å². The number of para-hydroxylation sites is 1. The lowest BCUT2D eigenvalue weighted by Crippen LogP contribution is -2.28. The molecule has 2 N–H and O–H groups in total. The third-order valence-corrected chi connectivity index (χ3v) is 6.96. The molecule has 10 nitrogen and oxygen atoms in total. The van der Waals surface area contributed by atoms with Gasteiger partial charge in [0.25, 0.3) is 5.91 Å². The van der Waals surface area contributed by atoms with Crippen LogP contribution in [0.4, 0.5) is 10.5 Å². The van der Waals surface area contributed by atoms with E-state index >= 15 is 0 Å². The number of hydrogen-bond donors (Lipinski definition) is 2. The molecule has 4 aromatic rings. The second-order valence-electron chi connectivity index (χ2n) is 9.69. The van der Waals surface area contributed by atoms with Gasteiger partial charge in [-0.1, -0.05) is 25.1 Å². The van der Waals surface area contributed by atoms with Crippen LogP contribution in [0.3, 0.4) is 0 Å². The van der Waals surface area contributed by atoms with Gasteiger partial charge in [-0.15, -0.1) is 0 Å². The van der Waals surface area contributed by atoms with Crippen LogP contribution in [0.1, 0.15) is 23.7 Å². The summed E-state index contributed by atoms with van der Waals surface area (Å²) in [5, 5.41) is 11.0. The molecule has 0 bridgehead atoms. The maximum Gasteiger partial charge on any atom is 0.411 e. The molecule has 10 heteroatoms. The summed E-state index contributed by atoms with van der Waals surface area (Å²) in [7, 11) is 4.98. The highest BCUT2D eigenvalue weighted by molar-refractivity contribution is 6.04. The zero-order valence-electron chi connectivity index (χ0n) is 22.5. The minimum Gasteiger partial charge on any atom is -0.496 e. The van der Waals surface area contributed by atoms with Crippen molar-refractivity contribution in [3.8, 4) is 28.1 Å². The normalized spacial score (nSPS) is 15.3. The average molecular weight is 529 g/mol. The quantitative estimate of drug-likeness (QED) is 0.359. The largest absolute Gasteiger partial charge is 0.496 e. The highest BCUT2D eigenvalue weighted by atomic mass is 16.6. The molecule has 0 spiro atoms. The third-order valence-electron chi connectivity index (χ3n) is 6.96. The Bertz CT molecular complexity index is 1510. The highest BCUT2D eigenvalue weighted by Gasteiger charge is 2.25. The monoisotopic (exact) mass is 528 g/mol. The molecule has 2 amide bonds. The molecular weight excluding hydrogens is 496 g/mol. The molecule has 0 saturated carbocycles. The van der Waals surface area contributed by atoms with Gasteiger partial charge in [0, 0.05) is 49.9 Å². The second-order valence-corrected chi connectivity index (χ2v) is 9.69. The van der Waals surface area contributed by atoms with Crippen LogP contribution in [-0.4, -0.2) is 83.9 Å². The number of fused-ring (bicyclic) bond motifs is 1. The van der Waals surface area contributed by atoms with Crippen LogP contribution in [0.5, 0.6) is 5.75 Å². The number of carbonyl (C=O) groups excluding carboxylic acids is 2. The number of methoxy groups -OCH3 is 1. The van der Waals surface area contributed by atoms with Gasteiger partial charge in [0.05, 0.1) is 24.1 Å². The molecule has 2 aromatic heterocycles. The lowest BCUT2D eigenvalue weighted by atomic mass is 10.0. The van der Waals surface area contributed by atoms with E-state index < -0.39 is 6.09 Å². The Morgan fingerprint density at radius 3 is 2.72 bits per heavy atom. The van der Waals surface area contributed by atoms with Gasteiger partial charge >= 0.3 is 6.09 Å². The van der Waals surface area contributed by atoms with E-state index in [4.69, 9.17) is 9.47 Å². The topological polar surface area (TPSA) is 113 Å². The van der Waals surface area contributed by atoms with Crippen molar-refractivity contribution < 1.29 is 19.1 Å². The summed E-state index contributed by atoms with van der Waals surface area (Å²) in [5.41, 5.74) is 4.54. The van der Waals surface area contributed by atoms with E-state index in [1.807, 2.05) is 36.4 Å². The third kappa shape index (κ3) is 5.42. The number of H-pyrrole nitrogens is 1. The Labute approximate surface area is 226 Å². The van der Waals surface area contributed by atoms with Crippen molar-refractivity contribution in [2.75, 3.05) is 46.2 Å². The van der Waals surface area contributed by atoms with Crippen molar-refractivity contribution >= 4 is 28.7 Å². The zero-order chi connectivity index (χ0) is 27.5. The fraction of sp³-hybridized carbons (Fsp3) is 0.310. The molecule has 2 aromatic carbocycles. The molecule has 1 aliphatic heterocycles. The lowest BCUT2D eigenvalue weighted by Gasteiger charge is -2.18. The molecule has 39 heavy (non-hydrogen) atoms. The van der Waals surface area contributed by atoms with Gasteiger partial charge in [-0.3, -0.25) is 20.1 Å². The Morgan fingerprint density at radius 2 is 1.97 bits per heavy atom. The number of likely N-dealkylation sites (tertiary alicyclic amines) is 1. The number of likely N-dealkylation sites (N-methyl/N-ethyl adjacent to an activating group) is 1. The van der Waals surface area contributed by atoms with Gasteiger partial charge in [-0.25, -0.2) is 9.78 Å². The fourth-order valence-corrected chi connectivity index (χ4v) is 4.84. The Hall–Kier alpha value is -4.44. The minimum atomic E-state index is -0.568. The number of nitrogens with one attached hydrogen (secondary N) is 2. The number of amides is 2. The number of aromatic amines is 1. The first kappa shape index (κ1) is 26.2. The van der Waals surface area contributed by atoms with Crippen LogP contribution in [0.2, 0.25) is 0 Å². The van der Waals surface area contributed by atoms with E-state index in [-0.39, 0.29) is 12.0 Å². The summed E-state index contributed by atoms with van der Waals surface area (Å²) in [6, 6.07) is 15.0. The standard InChI is InChI=1S/C29H32N6O4/c1-5-35-13-12-20(17-35)39-29(37)31-24-11-10-18(14-22(24)28(36)34(2)3)19-15-23-26(32-33-27(23)30-16-19)21-8-6-7-9-25(21)38-4/h6-11,14-16,20H,5,12-13,17H2,1-4H3,(H,31,37)(H,30,32,33). The molecule has 202 valence electrons. The van der Waals surface area contributed by atoms with Gasteiger partial charge in [0.1, 0.15) is 11.9 Å². The molecule has 5 rings (SSSR count). The van der Waals surface area contributed by atoms with Gasteiger partial charge < -0.3 is 14.4 Å². The van der Waals surface area contributed by atoms with Gasteiger partial charge in [-0.05, 0) is 48.9 Å². The van der Waals surface area contributed by atoms with Crippen molar-refractivity contribution in [1.29, 1.82) is 0 Å². The molecule has 1 aliphatic rings. The van der Waals surface area contributed by atoms with Crippen LogP contribution in [0, 0.1) is 0 Å². The van der Waals surface area contributed by atoms with Gasteiger partial charge in [-0.2, -0.15) is 5.10 Å².